The molecule has 0 radical (unpaired) electrons. The topological polar surface area (TPSA) is 93.9 Å². The van der Waals surface area contributed by atoms with Gasteiger partial charge in [-0.25, -0.2) is 18.1 Å². The lowest BCUT2D eigenvalue weighted by Gasteiger charge is -2.12. The largest absolute Gasteiger partial charge is 0.352 e. The molecule has 0 unspecified atom stereocenters. The molecule has 0 spiro atoms. The fourth-order valence-electron chi connectivity index (χ4n) is 4.53. The second-order valence-electron chi connectivity index (χ2n) is 8.70. The maximum absolute atomic E-state index is 13.3. The second-order valence-corrected chi connectivity index (χ2v) is 10.9. The van der Waals surface area contributed by atoms with Crippen LogP contribution in [-0.2, 0) is 16.3 Å². The van der Waals surface area contributed by atoms with Crippen LogP contribution in [0.1, 0.15) is 34.1 Å². The minimum Gasteiger partial charge on any atom is -0.352 e. The zero-order valence-corrected chi connectivity index (χ0v) is 19.8. The Morgan fingerprint density at radius 2 is 1.79 bits per heavy atom. The fourth-order valence-corrected chi connectivity index (χ4v) is 6.22. The van der Waals surface area contributed by atoms with Crippen molar-refractivity contribution in [2.75, 3.05) is 18.1 Å². The number of nitrogens with zero attached hydrogens (tertiary/aromatic N) is 3. The first-order valence-corrected chi connectivity index (χ1v) is 13.2. The van der Waals surface area contributed by atoms with E-state index < -0.39 is 9.84 Å². The van der Waals surface area contributed by atoms with Crippen LogP contribution in [0.15, 0.2) is 66.7 Å². The molecular formula is C26H26N4O3S. The van der Waals surface area contributed by atoms with Crippen molar-refractivity contribution in [1.82, 2.24) is 20.1 Å². The van der Waals surface area contributed by atoms with Gasteiger partial charge in [0.2, 0.25) is 0 Å². The highest BCUT2D eigenvalue weighted by atomic mass is 32.2. The number of pyridine rings is 1. The maximum Gasteiger partial charge on any atom is 0.252 e. The molecule has 0 saturated carbocycles. The molecule has 1 aliphatic rings. The molecule has 2 aromatic carbocycles. The lowest BCUT2D eigenvalue weighted by atomic mass is 10.0. The number of rotatable bonds is 6. The SMILES string of the molecule is Cc1nn([C@H]2CCS(=O)(=O)C2)c2nc(-c3ccccc3)cc(C(=O)NCCc3ccccc3)c12. The lowest BCUT2D eigenvalue weighted by molar-refractivity contribution is 0.0955. The Morgan fingerprint density at radius 1 is 1.09 bits per heavy atom. The van der Waals surface area contributed by atoms with E-state index in [-0.39, 0.29) is 23.5 Å². The maximum atomic E-state index is 13.3. The van der Waals surface area contributed by atoms with E-state index in [2.05, 4.69) is 10.4 Å². The first-order valence-electron chi connectivity index (χ1n) is 11.4. The summed E-state index contributed by atoms with van der Waals surface area (Å²) in [6.45, 7) is 2.34. The lowest BCUT2D eigenvalue weighted by Crippen LogP contribution is -2.26. The third-order valence-electron chi connectivity index (χ3n) is 6.25. The van der Waals surface area contributed by atoms with Crippen molar-refractivity contribution in [3.8, 4) is 11.3 Å². The van der Waals surface area contributed by atoms with Crippen molar-refractivity contribution in [3.05, 3.63) is 83.6 Å². The molecule has 1 saturated heterocycles. The number of sulfone groups is 1. The predicted octanol–water partition coefficient (Wildman–Crippen LogP) is 3.74. The molecule has 0 aliphatic carbocycles. The van der Waals surface area contributed by atoms with Crippen molar-refractivity contribution in [3.63, 3.8) is 0 Å². The van der Waals surface area contributed by atoms with Crippen molar-refractivity contribution in [2.45, 2.75) is 25.8 Å². The highest BCUT2D eigenvalue weighted by Gasteiger charge is 2.32. The van der Waals surface area contributed by atoms with Gasteiger partial charge in [0, 0.05) is 12.1 Å². The van der Waals surface area contributed by atoms with Gasteiger partial charge in [0.05, 0.1) is 39.9 Å². The summed E-state index contributed by atoms with van der Waals surface area (Å²) in [5.41, 5.74) is 4.41. The van der Waals surface area contributed by atoms with E-state index in [1.165, 1.54) is 0 Å². The third-order valence-corrected chi connectivity index (χ3v) is 8.00. The van der Waals surface area contributed by atoms with Crippen LogP contribution in [0.2, 0.25) is 0 Å². The zero-order valence-electron chi connectivity index (χ0n) is 18.9. The Morgan fingerprint density at radius 3 is 2.47 bits per heavy atom. The number of fused-ring (bicyclic) bond motifs is 1. The quantitative estimate of drug-likeness (QED) is 0.459. The van der Waals surface area contributed by atoms with E-state index >= 15 is 0 Å². The first kappa shape index (κ1) is 22.3. The van der Waals surface area contributed by atoms with Crippen molar-refractivity contribution in [2.24, 2.45) is 0 Å². The van der Waals surface area contributed by atoms with Crippen LogP contribution in [0, 0.1) is 6.92 Å². The van der Waals surface area contributed by atoms with Crippen LogP contribution in [-0.4, -0.2) is 47.1 Å². The Balaban J connectivity index is 1.55. The van der Waals surface area contributed by atoms with Gasteiger partial charge in [0.1, 0.15) is 0 Å². The molecule has 1 fully saturated rings. The van der Waals surface area contributed by atoms with Crippen molar-refractivity contribution >= 4 is 26.8 Å². The molecule has 5 rings (SSSR count). The summed E-state index contributed by atoms with van der Waals surface area (Å²) in [4.78, 5) is 18.2. The summed E-state index contributed by atoms with van der Waals surface area (Å²) in [5, 5.41) is 8.36. The Kier molecular flexibility index (Phi) is 5.91. The van der Waals surface area contributed by atoms with E-state index in [0.29, 0.717) is 41.0 Å². The molecule has 1 amide bonds. The number of amides is 1. The zero-order chi connectivity index (χ0) is 23.7. The molecule has 0 bridgehead atoms. The summed E-state index contributed by atoms with van der Waals surface area (Å²) < 4.78 is 26.0. The number of hydrogen-bond acceptors (Lipinski definition) is 5. The summed E-state index contributed by atoms with van der Waals surface area (Å²) in [6, 6.07) is 21.2. The first-order chi connectivity index (χ1) is 16.4. The summed E-state index contributed by atoms with van der Waals surface area (Å²) in [6.07, 6.45) is 1.22. The molecule has 1 aliphatic heterocycles. The Hall–Kier alpha value is -3.52. The van der Waals surface area contributed by atoms with Gasteiger partial charge in [-0.15, -0.1) is 0 Å². The smallest absolute Gasteiger partial charge is 0.252 e. The van der Waals surface area contributed by atoms with Gasteiger partial charge in [-0.1, -0.05) is 60.7 Å². The van der Waals surface area contributed by atoms with E-state index in [4.69, 9.17) is 4.98 Å². The van der Waals surface area contributed by atoms with Crippen LogP contribution in [0.5, 0.6) is 0 Å². The number of hydrogen-bond donors (Lipinski definition) is 1. The van der Waals surface area contributed by atoms with Crippen molar-refractivity contribution < 1.29 is 13.2 Å². The Labute approximate surface area is 198 Å². The summed E-state index contributed by atoms with van der Waals surface area (Å²) >= 11 is 0. The van der Waals surface area contributed by atoms with E-state index in [1.807, 2.05) is 67.6 Å². The van der Waals surface area contributed by atoms with Gasteiger partial charge in [0.25, 0.3) is 5.91 Å². The van der Waals surface area contributed by atoms with Crippen molar-refractivity contribution in [1.29, 1.82) is 0 Å². The monoisotopic (exact) mass is 474 g/mol. The fraction of sp³-hybridized carbons (Fsp3) is 0.269. The molecule has 8 heteroatoms. The number of aryl methyl sites for hydroxylation is 1. The highest BCUT2D eigenvalue weighted by molar-refractivity contribution is 7.91. The van der Waals surface area contributed by atoms with Crippen LogP contribution in [0.25, 0.3) is 22.3 Å². The number of carbonyl (C=O) groups excluding carboxylic acids is 1. The molecule has 1 atom stereocenters. The molecule has 174 valence electrons. The van der Waals surface area contributed by atoms with E-state index in [1.54, 1.807) is 10.7 Å². The third kappa shape index (κ3) is 4.46. The number of benzene rings is 2. The molecule has 4 aromatic rings. The van der Waals surface area contributed by atoms with Crippen LogP contribution < -0.4 is 5.32 Å². The molecular weight excluding hydrogens is 448 g/mol. The average Bonchev–Trinajstić information content (AvgIpc) is 3.38. The number of aromatic nitrogens is 3. The van der Waals surface area contributed by atoms with Gasteiger partial charge in [-0.05, 0) is 31.4 Å². The molecule has 3 heterocycles. The normalized spacial score (nSPS) is 17.1. The van der Waals surface area contributed by atoms with Crippen LogP contribution >= 0.6 is 0 Å². The van der Waals surface area contributed by atoms with Gasteiger partial charge in [-0.2, -0.15) is 5.10 Å². The van der Waals surface area contributed by atoms with Gasteiger partial charge in [-0.3, -0.25) is 4.79 Å². The van der Waals surface area contributed by atoms with Gasteiger partial charge < -0.3 is 5.32 Å². The van der Waals surface area contributed by atoms with E-state index in [0.717, 1.165) is 17.5 Å². The average molecular weight is 475 g/mol. The summed E-state index contributed by atoms with van der Waals surface area (Å²) in [5.74, 6) is -0.00952. The minimum absolute atomic E-state index is 0.0407. The van der Waals surface area contributed by atoms with Gasteiger partial charge in [0.15, 0.2) is 15.5 Å². The highest BCUT2D eigenvalue weighted by Crippen LogP contribution is 2.32. The van der Waals surface area contributed by atoms with Crippen LogP contribution in [0.4, 0.5) is 0 Å². The standard InChI is InChI=1S/C26H26N4O3S/c1-18-24-22(26(31)27-14-12-19-8-4-2-5-9-19)16-23(20-10-6-3-7-11-20)28-25(24)30(29-18)21-13-15-34(32,33)17-21/h2-11,16,21H,12-15,17H2,1H3,(H,27,31)/t21-/m0/s1. The molecule has 34 heavy (non-hydrogen) atoms. The number of nitrogens with one attached hydrogen (secondary N) is 1. The molecule has 1 N–H and O–H groups in total. The molecule has 7 nitrogen and oxygen atoms in total. The number of carbonyl (C=O) groups is 1. The Bertz CT molecular complexity index is 1450. The van der Waals surface area contributed by atoms with E-state index in [9.17, 15) is 13.2 Å². The summed E-state index contributed by atoms with van der Waals surface area (Å²) in [7, 11) is -3.10. The van der Waals surface area contributed by atoms with Crippen LogP contribution in [0.3, 0.4) is 0 Å². The minimum atomic E-state index is -3.10. The molecule has 2 aromatic heterocycles. The second kappa shape index (κ2) is 9.02. The predicted molar refractivity (Wildman–Crippen MR) is 132 cm³/mol. The van der Waals surface area contributed by atoms with Gasteiger partial charge >= 0.3 is 0 Å².